The van der Waals surface area contributed by atoms with Crippen molar-refractivity contribution in [1.29, 1.82) is 0 Å². The molecule has 42 heavy (non-hydrogen) atoms. The number of amides is 1. The number of nitrogens with one attached hydrogen (secondary N) is 1. The summed E-state index contributed by atoms with van der Waals surface area (Å²) in [5.74, 6) is 2.22. The Morgan fingerprint density at radius 1 is 1.00 bits per heavy atom. The number of carbonyl (C=O) groups is 1. The second kappa shape index (κ2) is 13.0. The normalized spacial score (nSPS) is 23.2. The first-order valence-corrected chi connectivity index (χ1v) is 16.7. The number of aryl methyl sites for hydroxylation is 3. The Balaban J connectivity index is 1.29. The minimum absolute atomic E-state index is 0.212. The molecule has 2 fully saturated rings. The van der Waals surface area contributed by atoms with E-state index in [1.165, 1.54) is 37.7 Å². The van der Waals surface area contributed by atoms with Crippen molar-refractivity contribution in [2.45, 2.75) is 76.5 Å². The Morgan fingerprint density at radius 3 is 2.60 bits per heavy atom. The van der Waals surface area contributed by atoms with Crippen LogP contribution < -0.4 is 9.46 Å². The molecule has 1 aromatic heterocycles. The molecule has 1 saturated heterocycles. The number of benzene rings is 2. The van der Waals surface area contributed by atoms with Crippen molar-refractivity contribution in [2.75, 3.05) is 24.4 Å². The molecule has 1 N–H and O–H groups in total. The Morgan fingerprint density at radius 2 is 1.79 bits per heavy atom. The zero-order chi connectivity index (χ0) is 29.1. The zero-order valence-electron chi connectivity index (χ0n) is 24.8. The van der Waals surface area contributed by atoms with Crippen molar-refractivity contribution < 1.29 is 14.1 Å². The van der Waals surface area contributed by atoms with Gasteiger partial charge in [0, 0.05) is 37.1 Å². The number of piperidine rings is 1. The molecule has 0 spiro atoms. The van der Waals surface area contributed by atoms with Gasteiger partial charge in [-0.15, -0.1) is 0 Å². The van der Waals surface area contributed by atoms with Gasteiger partial charge in [0.1, 0.15) is 11.4 Å². The third-order valence-electron chi connectivity index (χ3n) is 9.42. The number of ether oxygens (including phenoxy) is 1. The minimum Gasteiger partial charge on any atom is -0.588 e. The highest BCUT2D eigenvalue weighted by Gasteiger charge is 2.33. The highest BCUT2D eigenvalue weighted by Crippen LogP contribution is 2.34. The zero-order valence-corrected chi connectivity index (χ0v) is 25.6. The predicted octanol–water partition coefficient (Wildman–Crippen LogP) is 6.66. The van der Waals surface area contributed by atoms with Gasteiger partial charge in [-0.05, 0) is 86.6 Å². The fraction of sp³-hybridized carbons (Fsp3) is 0.500. The summed E-state index contributed by atoms with van der Waals surface area (Å²) >= 11 is -1.51. The topological polar surface area (TPSA) is 90.4 Å². The predicted molar refractivity (Wildman–Crippen MR) is 167 cm³/mol. The Kier molecular flexibility index (Phi) is 9.00. The molecule has 3 heterocycles. The van der Waals surface area contributed by atoms with E-state index in [1.54, 1.807) is 0 Å². The second-order valence-electron chi connectivity index (χ2n) is 12.4. The van der Waals surface area contributed by atoms with Gasteiger partial charge in [-0.2, -0.15) is 9.71 Å². The van der Waals surface area contributed by atoms with Gasteiger partial charge in [-0.3, -0.25) is 4.79 Å². The molecule has 222 valence electrons. The quantitative estimate of drug-likeness (QED) is 0.346. The lowest BCUT2D eigenvalue weighted by Gasteiger charge is -2.39. The van der Waals surface area contributed by atoms with Crippen LogP contribution in [0.5, 0.6) is 5.88 Å². The molecule has 4 bridgehead atoms. The second-order valence-corrected chi connectivity index (χ2v) is 13.6. The van der Waals surface area contributed by atoms with E-state index in [0.717, 1.165) is 54.7 Å². The van der Waals surface area contributed by atoms with E-state index in [2.05, 4.69) is 46.7 Å². The number of fused-ring (bicyclic) bond motifs is 5. The summed E-state index contributed by atoms with van der Waals surface area (Å²) in [7, 11) is 0. The van der Waals surface area contributed by atoms with Crippen molar-refractivity contribution in [1.82, 2.24) is 14.9 Å². The summed E-state index contributed by atoms with van der Waals surface area (Å²) in [6, 6.07) is 16.1. The third kappa shape index (κ3) is 6.76. The van der Waals surface area contributed by atoms with Gasteiger partial charge >= 0.3 is 0 Å². The monoisotopic (exact) mass is 586 g/mol. The molecule has 1 aliphatic carbocycles. The molecule has 3 aromatic rings. The average Bonchev–Trinajstić information content (AvgIpc) is 2.99. The molecule has 8 heteroatoms. The van der Waals surface area contributed by atoms with Gasteiger partial charge in [-0.25, -0.2) is 4.98 Å². The van der Waals surface area contributed by atoms with Crippen LogP contribution in [0.2, 0.25) is 0 Å². The van der Waals surface area contributed by atoms with E-state index in [0.29, 0.717) is 41.5 Å². The molecule has 3 aliphatic rings. The smallest absolute Gasteiger partial charge is 0.269 e. The minimum atomic E-state index is -1.51. The van der Waals surface area contributed by atoms with E-state index in [1.807, 2.05) is 30.3 Å². The number of rotatable bonds is 3. The van der Waals surface area contributed by atoms with Gasteiger partial charge in [0.05, 0.1) is 12.3 Å². The lowest BCUT2D eigenvalue weighted by molar-refractivity contribution is -0.135. The SMILES string of the molecule is Cc1cccc(C)c1-c1cc2nc(n1)N[S+]([O-])c1cccc(c1)CCC1CCN(C(=O)CC3CCCCC3)C[C@@H]1CO2. The Bertz CT molecular complexity index is 1390. The highest BCUT2D eigenvalue weighted by atomic mass is 32.2. The van der Waals surface area contributed by atoms with Gasteiger partial charge < -0.3 is 14.2 Å². The molecule has 2 unspecified atom stereocenters. The van der Waals surface area contributed by atoms with Crippen molar-refractivity contribution in [3.8, 4) is 17.1 Å². The molecule has 1 amide bonds. The lowest BCUT2D eigenvalue weighted by Crippen LogP contribution is -2.46. The van der Waals surface area contributed by atoms with Crippen molar-refractivity contribution in [3.05, 3.63) is 65.2 Å². The Hall–Kier alpha value is -3.10. The first-order valence-electron chi connectivity index (χ1n) is 15.6. The van der Waals surface area contributed by atoms with Gasteiger partial charge in [-0.1, -0.05) is 49.6 Å². The van der Waals surface area contributed by atoms with Crippen LogP contribution in [0.3, 0.4) is 0 Å². The summed E-state index contributed by atoms with van der Waals surface area (Å²) in [6.45, 7) is 6.15. The van der Waals surface area contributed by atoms with Gasteiger partial charge in [0.15, 0.2) is 4.90 Å². The van der Waals surface area contributed by atoms with Crippen LogP contribution in [0.25, 0.3) is 11.3 Å². The maximum absolute atomic E-state index is 13.4. The number of aromatic nitrogens is 2. The lowest BCUT2D eigenvalue weighted by atomic mass is 9.81. The fourth-order valence-electron chi connectivity index (χ4n) is 7.04. The molecule has 7 nitrogen and oxygen atoms in total. The van der Waals surface area contributed by atoms with Crippen LogP contribution in [0.4, 0.5) is 5.95 Å². The molecule has 0 radical (unpaired) electrons. The largest absolute Gasteiger partial charge is 0.588 e. The van der Waals surface area contributed by atoms with Crippen molar-refractivity contribution in [3.63, 3.8) is 0 Å². The number of carbonyl (C=O) groups excluding carboxylic acids is 1. The first-order chi connectivity index (χ1) is 20.4. The van der Waals surface area contributed by atoms with Crippen molar-refractivity contribution >= 4 is 23.2 Å². The van der Waals surface area contributed by atoms with Crippen LogP contribution in [0.15, 0.2) is 53.4 Å². The number of anilines is 1. The summed E-state index contributed by atoms with van der Waals surface area (Å²) in [5.41, 5.74) is 5.14. The van der Waals surface area contributed by atoms with Gasteiger partial charge in [0.2, 0.25) is 11.8 Å². The summed E-state index contributed by atoms with van der Waals surface area (Å²) < 4.78 is 22.8. The van der Waals surface area contributed by atoms with E-state index in [9.17, 15) is 9.35 Å². The van der Waals surface area contributed by atoms with E-state index in [4.69, 9.17) is 9.72 Å². The molecular formula is C34H42N4O3S. The van der Waals surface area contributed by atoms with E-state index in [-0.39, 0.29) is 11.9 Å². The summed E-state index contributed by atoms with van der Waals surface area (Å²) in [6.07, 6.45) is 9.75. The molecule has 2 aliphatic heterocycles. The molecule has 2 aromatic carbocycles. The van der Waals surface area contributed by atoms with Crippen molar-refractivity contribution in [2.24, 2.45) is 17.8 Å². The molecular weight excluding hydrogens is 544 g/mol. The van der Waals surface area contributed by atoms with Crippen LogP contribution in [-0.2, 0) is 22.6 Å². The molecule has 3 atom stereocenters. The molecule has 1 saturated carbocycles. The first kappa shape index (κ1) is 29.0. The fourth-order valence-corrected chi connectivity index (χ4v) is 7.87. The van der Waals surface area contributed by atoms with Crippen LogP contribution in [-0.4, -0.2) is 45.0 Å². The summed E-state index contributed by atoms with van der Waals surface area (Å²) in [5, 5.41) is 0. The average molecular weight is 587 g/mol. The number of likely N-dealkylation sites (tertiary alicyclic amines) is 1. The van der Waals surface area contributed by atoms with Crippen LogP contribution in [0.1, 0.15) is 68.1 Å². The third-order valence-corrected chi connectivity index (χ3v) is 10.5. The maximum atomic E-state index is 13.4. The Labute approximate surface area is 252 Å². The standard InChI is InChI=1S/C34H42N4O3S/c1-23-8-6-9-24(2)33(23)30-20-31-36-34(35-30)37-42(40)29-13-7-12-26(18-29)14-15-27-16-17-38(21-28(27)22-41-31)32(39)19-25-10-4-3-5-11-25/h6-9,12-13,18,20,25,27-28H,3-5,10-11,14-17,19,21-22H2,1-2H3,(H,35,36,37)/t27?,28-,42?/m1/s1. The molecule has 6 rings (SSSR count). The number of hydrogen-bond acceptors (Lipinski definition) is 6. The van der Waals surface area contributed by atoms with Crippen LogP contribution >= 0.6 is 0 Å². The maximum Gasteiger partial charge on any atom is 0.269 e. The van der Waals surface area contributed by atoms with Gasteiger partial charge in [0.25, 0.3) is 5.95 Å². The van der Waals surface area contributed by atoms with Crippen LogP contribution in [0, 0.1) is 31.6 Å². The van der Waals surface area contributed by atoms with E-state index >= 15 is 0 Å². The van der Waals surface area contributed by atoms with E-state index < -0.39 is 11.4 Å². The number of nitrogens with zero attached hydrogens (tertiary/aromatic N) is 3. The summed E-state index contributed by atoms with van der Waals surface area (Å²) in [4.78, 5) is 25.6. The highest BCUT2D eigenvalue weighted by molar-refractivity contribution is 7.92. The number of hydrogen-bond donors (Lipinski definition) is 1.